The zero-order chi connectivity index (χ0) is 15.7. The Balaban J connectivity index is 2.28. The maximum atomic E-state index is 10.4. The molecule has 1 N–H and O–H groups in total. The number of phenolic OH excluding ortho intramolecular Hbond substituents is 1. The summed E-state index contributed by atoms with van der Waals surface area (Å²) in [7, 11) is 0. The number of ether oxygens (including phenoxy) is 1. The van der Waals surface area contributed by atoms with E-state index in [4.69, 9.17) is 4.74 Å². The molecule has 0 saturated carbocycles. The number of rotatable bonds is 5. The highest BCUT2D eigenvalue weighted by Gasteiger charge is 2.30. The maximum absolute atomic E-state index is 10.4. The molecule has 0 saturated heterocycles. The van der Waals surface area contributed by atoms with Crippen molar-refractivity contribution < 1.29 is 9.84 Å². The molecule has 0 radical (unpaired) electrons. The second-order valence-electron chi connectivity index (χ2n) is 7.68. The van der Waals surface area contributed by atoms with E-state index in [9.17, 15) is 5.11 Å². The third kappa shape index (κ3) is 3.72. The summed E-state index contributed by atoms with van der Waals surface area (Å²) in [5.74, 6) is 1.39. The largest absolute Gasteiger partial charge is 0.508 e. The first-order valence-corrected chi connectivity index (χ1v) is 8.30. The van der Waals surface area contributed by atoms with Gasteiger partial charge in [-0.05, 0) is 56.2 Å². The molecule has 1 aromatic carbocycles. The third-order valence-corrected chi connectivity index (χ3v) is 4.70. The van der Waals surface area contributed by atoms with E-state index in [1.54, 1.807) is 0 Å². The van der Waals surface area contributed by atoms with Gasteiger partial charge in [-0.2, -0.15) is 0 Å². The molecule has 1 heterocycles. The number of phenols is 1. The Bertz CT molecular complexity index is 501. The normalized spacial score (nSPS) is 17.2. The topological polar surface area (TPSA) is 29.5 Å². The van der Waals surface area contributed by atoms with Gasteiger partial charge >= 0.3 is 0 Å². The second kappa shape index (κ2) is 5.90. The Hall–Kier alpha value is -1.18. The zero-order valence-corrected chi connectivity index (χ0v) is 14.3. The molecule has 0 spiro atoms. The summed E-state index contributed by atoms with van der Waals surface area (Å²) in [5, 5.41) is 10.4. The molecule has 0 amide bonds. The minimum atomic E-state index is -0.104. The molecule has 118 valence electrons. The summed E-state index contributed by atoms with van der Waals surface area (Å²) in [6, 6.07) is 4.00. The van der Waals surface area contributed by atoms with Crippen LogP contribution in [0.4, 0.5) is 0 Å². The minimum Gasteiger partial charge on any atom is -0.508 e. The second-order valence-corrected chi connectivity index (χ2v) is 7.68. The van der Waals surface area contributed by atoms with Crippen molar-refractivity contribution in [2.75, 3.05) is 0 Å². The minimum absolute atomic E-state index is 0.0146. The predicted octanol–water partition coefficient (Wildman–Crippen LogP) is 5.35. The van der Waals surface area contributed by atoms with Crippen molar-refractivity contribution in [2.24, 2.45) is 0 Å². The van der Waals surface area contributed by atoms with Gasteiger partial charge in [-0.3, -0.25) is 0 Å². The third-order valence-electron chi connectivity index (χ3n) is 4.70. The summed E-state index contributed by atoms with van der Waals surface area (Å²) in [5.41, 5.74) is 2.04. The SMILES string of the molecule is CCCCCC(C)(C)c1cc2c(cc1O)CCC(C)(C)O2. The van der Waals surface area contributed by atoms with Gasteiger partial charge in [0.1, 0.15) is 17.1 Å². The molecule has 0 atom stereocenters. The molecule has 0 unspecified atom stereocenters. The summed E-state index contributed by atoms with van der Waals surface area (Å²) >= 11 is 0. The number of hydrogen-bond acceptors (Lipinski definition) is 2. The lowest BCUT2D eigenvalue weighted by Crippen LogP contribution is -2.33. The number of unbranched alkanes of at least 4 members (excludes halogenated alkanes) is 2. The molecular formula is C19H30O2. The Kier molecular flexibility index (Phi) is 4.55. The molecule has 0 aromatic heterocycles. The smallest absolute Gasteiger partial charge is 0.123 e. The van der Waals surface area contributed by atoms with E-state index in [1.807, 2.05) is 6.07 Å². The fourth-order valence-corrected chi connectivity index (χ4v) is 3.18. The molecule has 21 heavy (non-hydrogen) atoms. The van der Waals surface area contributed by atoms with Gasteiger partial charge in [0.2, 0.25) is 0 Å². The summed E-state index contributed by atoms with van der Waals surface area (Å²) in [6.45, 7) is 10.9. The van der Waals surface area contributed by atoms with E-state index in [2.05, 4.69) is 40.7 Å². The number of fused-ring (bicyclic) bond motifs is 1. The summed E-state index contributed by atoms with van der Waals surface area (Å²) in [4.78, 5) is 0. The average Bonchev–Trinajstić information content (AvgIpc) is 2.38. The van der Waals surface area contributed by atoms with Crippen molar-refractivity contribution in [2.45, 2.75) is 84.2 Å². The van der Waals surface area contributed by atoms with Gasteiger partial charge in [-0.15, -0.1) is 0 Å². The van der Waals surface area contributed by atoms with Gasteiger partial charge < -0.3 is 9.84 Å². The summed E-state index contributed by atoms with van der Waals surface area (Å²) < 4.78 is 6.12. The number of benzene rings is 1. The molecule has 1 aliphatic rings. The van der Waals surface area contributed by atoms with Crippen molar-refractivity contribution >= 4 is 0 Å². The molecule has 1 aromatic rings. The van der Waals surface area contributed by atoms with E-state index in [0.717, 1.165) is 36.1 Å². The number of hydrogen-bond donors (Lipinski definition) is 1. The van der Waals surface area contributed by atoms with Crippen LogP contribution >= 0.6 is 0 Å². The Morgan fingerprint density at radius 1 is 1.24 bits per heavy atom. The van der Waals surface area contributed by atoms with Crippen LogP contribution in [-0.2, 0) is 11.8 Å². The van der Waals surface area contributed by atoms with Crippen molar-refractivity contribution in [1.29, 1.82) is 0 Å². The molecule has 2 heteroatoms. The molecule has 2 nitrogen and oxygen atoms in total. The predicted molar refractivity (Wildman–Crippen MR) is 88.3 cm³/mol. The zero-order valence-electron chi connectivity index (χ0n) is 14.3. The van der Waals surface area contributed by atoms with Crippen LogP contribution in [0.1, 0.15) is 77.8 Å². The van der Waals surface area contributed by atoms with E-state index < -0.39 is 0 Å². The highest BCUT2D eigenvalue weighted by atomic mass is 16.5. The monoisotopic (exact) mass is 290 g/mol. The lowest BCUT2D eigenvalue weighted by Gasteiger charge is -2.34. The first-order chi connectivity index (χ1) is 9.75. The van der Waals surface area contributed by atoms with Gasteiger partial charge in [0.15, 0.2) is 0 Å². The molecular weight excluding hydrogens is 260 g/mol. The Morgan fingerprint density at radius 3 is 2.62 bits per heavy atom. The van der Waals surface area contributed by atoms with Crippen molar-refractivity contribution in [3.05, 3.63) is 23.3 Å². The Morgan fingerprint density at radius 2 is 1.95 bits per heavy atom. The van der Waals surface area contributed by atoms with Crippen LogP contribution in [0, 0.1) is 0 Å². The van der Waals surface area contributed by atoms with E-state index in [0.29, 0.717) is 5.75 Å². The molecule has 0 bridgehead atoms. The van der Waals surface area contributed by atoms with Crippen LogP contribution in [0.5, 0.6) is 11.5 Å². The van der Waals surface area contributed by atoms with Gasteiger partial charge in [-0.25, -0.2) is 0 Å². The first kappa shape index (κ1) is 16.2. The van der Waals surface area contributed by atoms with Crippen LogP contribution in [0.15, 0.2) is 12.1 Å². The first-order valence-electron chi connectivity index (χ1n) is 8.30. The van der Waals surface area contributed by atoms with Crippen molar-refractivity contribution in [3.63, 3.8) is 0 Å². The lowest BCUT2D eigenvalue weighted by atomic mass is 9.78. The van der Waals surface area contributed by atoms with Crippen LogP contribution in [0.25, 0.3) is 0 Å². The highest BCUT2D eigenvalue weighted by Crippen LogP contribution is 2.42. The van der Waals surface area contributed by atoms with Gasteiger partial charge in [-0.1, -0.05) is 40.0 Å². The van der Waals surface area contributed by atoms with E-state index >= 15 is 0 Å². The van der Waals surface area contributed by atoms with E-state index in [-0.39, 0.29) is 11.0 Å². The van der Waals surface area contributed by atoms with Gasteiger partial charge in [0.25, 0.3) is 0 Å². The molecule has 0 aliphatic carbocycles. The number of aromatic hydroxyl groups is 1. The average molecular weight is 290 g/mol. The van der Waals surface area contributed by atoms with Crippen LogP contribution in [-0.4, -0.2) is 10.7 Å². The van der Waals surface area contributed by atoms with Crippen molar-refractivity contribution in [3.8, 4) is 11.5 Å². The van der Waals surface area contributed by atoms with Crippen LogP contribution < -0.4 is 4.74 Å². The van der Waals surface area contributed by atoms with Gasteiger partial charge in [0, 0.05) is 5.56 Å². The molecule has 2 rings (SSSR count). The lowest BCUT2D eigenvalue weighted by molar-refractivity contribution is 0.0842. The fraction of sp³-hybridized carbons (Fsp3) is 0.684. The van der Waals surface area contributed by atoms with E-state index in [1.165, 1.54) is 19.3 Å². The Labute approximate surface area is 129 Å². The molecule has 1 aliphatic heterocycles. The number of aryl methyl sites for hydroxylation is 1. The van der Waals surface area contributed by atoms with Crippen LogP contribution in [0.2, 0.25) is 0 Å². The quantitative estimate of drug-likeness (QED) is 0.740. The van der Waals surface area contributed by atoms with Crippen molar-refractivity contribution in [1.82, 2.24) is 0 Å². The van der Waals surface area contributed by atoms with Crippen LogP contribution in [0.3, 0.4) is 0 Å². The van der Waals surface area contributed by atoms with Gasteiger partial charge in [0.05, 0.1) is 0 Å². The summed E-state index contributed by atoms with van der Waals surface area (Å²) in [6.07, 6.45) is 6.75. The maximum Gasteiger partial charge on any atom is 0.123 e. The standard InChI is InChI=1S/C19H30O2/c1-6-7-8-10-18(2,3)15-13-17-14(12-16(15)20)9-11-19(4,5)21-17/h12-13,20H,6-11H2,1-5H3. The highest BCUT2D eigenvalue weighted by molar-refractivity contribution is 5.50. The fourth-order valence-electron chi connectivity index (χ4n) is 3.18. The molecule has 0 fully saturated rings.